The fourth-order valence-corrected chi connectivity index (χ4v) is 5.29. The van der Waals surface area contributed by atoms with Crippen molar-refractivity contribution in [2.24, 2.45) is 0 Å². The summed E-state index contributed by atoms with van der Waals surface area (Å²) in [6.45, 7) is 3.72. The SMILES string of the molecule is CCOC(=O)c1c(NC(=O)COc2ccc(-c3ccccc3)cc2Br)sc(C)c1-c1ccccc1. The van der Waals surface area contributed by atoms with Crippen LogP contribution in [0.15, 0.2) is 83.3 Å². The maximum atomic E-state index is 12.8. The van der Waals surface area contributed by atoms with E-state index in [0.717, 1.165) is 31.6 Å². The first-order valence-electron chi connectivity index (χ1n) is 11.1. The first-order valence-corrected chi connectivity index (χ1v) is 12.7. The van der Waals surface area contributed by atoms with E-state index < -0.39 is 5.97 Å². The van der Waals surface area contributed by atoms with Crippen molar-refractivity contribution in [1.82, 2.24) is 0 Å². The number of nitrogens with one attached hydrogen (secondary N) is 1. The molecule has 4 aromatic rings. The zero-order valence-electron chi connectivity index (χ0n) is 19.3. The Hall–Kier alpha value is -3.42. The van der Waals surface area contributed by atoms with Crippen LogP contribution in [0.3, 0.4) is 0 Å². The molecule has 178 valence electrons. The number of ether oxygens (including phenoxy) is 2. The van der Waals surface area contributed by atoms with Crippen LogP contribution in [0, 0.1) is 6.92 Å². The molecule has 0 saturated heterocycles. The molecule has 0 spiro atoms. The number of carbonyl (C=O) groups is 2. The molecule has 0 bridgehead atoms. The van der Waals surface area contributed by atoms with Crippen LogP contribution >= 0.6 is 27.3 Å². The Morgan fingerprint density at radius 1 is 0.914 bits per heavy atom. The zero-order chi connectivity index (χ0) is 24.8. The number of anilines is 1. The van der Waals surface area contributed by atoms with Crippen LogP contribution in [0.2, 0.25) is 0 Å². The third-order valence-electron chi connectivity index (χ3n) is 5.28. The third-order valence-corrected chi connectivity index (χ3v) is 6.92. The number of halogens is 1. The lowest BCUT2D eigenvalue weighted by Crippen LogP contribution is -2.21. The van der Waals surface area contributed by atoms with E-state index in [1.807, 2.05) is 85.8 Å². The van der Waals surface area contributed by atoms with E-state index in [1.165, 1.54) is 11.3 Å². The highest BCUT2D eigenvalue weighted by atomic mass is 79.9. The molecular formula is C28H24BrNO4S. The monoisotopic (exact) mass is 549 g/mol. The molecule has 1 heterocycles. The second kappa shape index (κ2) is 11.3. The molecule has 4 rings (SSSR count). The van der Waals surface area contributed by atoms with E-state index in [4.69, 9.17) is 9.47 Å². The highest BCUT2D eigenvalue weighted by molar-refractivity contribution is 9.10. The average molecular weight is 550 g/mol. The molecule has 1 amide bonds. The molecule has 0 unspecified atom stereocenters. The van der Waals surface area contributed by atoms with Gasteiger partial charge in [-0.3, -0.25) is 4.79 Å². The maximum Gasteiger partial charge on any atom is 0.341 e. The van der Waals surface area contributed by atoms with Crippen LogP contribution in [0.4, 0.5) is 5.00 Å². The van der Waals surface area contributed by atoms with Gasteiger partial charge in [0, 0.05) is 10.4 Å². The number of hydrogen-bond acceptors (Lipinski definition) is 5. The van der Waals surface area contributed by atoms with Crippen LogP contribution in [-0.4, -0.2) is 25.1 Å². The van der Waals surface area contributed by atoms with Gasteiger partial charge in [-0.1, -0.05) is 66.7 Å². The topological polar surface area (TPSA) is 64.6 Å². The first-order chi connectivity index (χ1) is 17.0. The molecule has 0 aliphatic rings. The highest BCUT2D eigenvalue weighted by Gasteiger charge is 2.25. The summed E-state index contributed by atoms with van der Waals surface area (Å²) >= 11 is 4.88. The van der Waals surface area contributed by atoms with E-state index in [-0.39, 0.29) is 19.1 Å². The number of benzene rings is 3. The molecule has 0 fully saturated rings. The Morgan fingerprint density at radius 2 is 1.57 bits per heavy atom. The Bertz CT molecular complexity index is 1340. The lowest BCUT2D eigenvalue weighted by molar-refractivity contribution is -0.118. The molecule has 0 aliphatic heterocycles. The van der Waals surface area contributed by atoms with E-state index in [1.54, 1.807) is 6.92 Å². The van der Waals surface area contributed by atoms with Gasteiger partial charge in [0.25, 0.3) is 5.91 Å². The molecule has 7 heteroatoms. The summed E-state index contributed by atoms with van der Waals surface area (Å²) in [6, 6.07) is 25.3. The van der Waals surface area contributed by atoms with Gasteiger partial charge < -0.3 is 14.8 Å². The summed E-state index contributed by atoms with van der Waals surface area (Å²) in [6.07, 6.45) is 0. The number of esters is 1. The predicted molar refractivity (Wildman–Crippen MR) is 144 cm³/mol. The largest absolute Gasteiger partial charge is 0.483 e. The lowest BCUT2D eigenvalue weighted by Gasteiger charge is -2.11. The van der Waals surface area contributed by atoms with E-state index in [2.05, 4.69) is 21.2 Å². The summed E-state index contributed by atoms with van der Waals surface area (Å²) in [5.41, 5.74) is 4.15. The van der Waals surface area contributed by atoms with Crippen LogP contribution in [0.1, 0.15) is 22.2 Å². The first kappa shape index (κ1) is 24.7. The summed E-state index contributed by atoms with van der Waals surface area (Å²) in [5.74, 6) is -0.278. The summed E-state index contributed by atoms with van der Waals surface area (Å²) in [7, 11) is 0. The molecular weight excluding hydrogens is 526 g/mol. The second-order valence-corrected chi connectivity index (χ2v) is 9.75. The summed E-state index contributed by atoms with van der Waals surface area (Å²) < 4.78 is 11.8. The molecule has 5 nitrogen and oxygen atoms in total. The Kier molecular flexibility index (Phi) is 8.00. The van der Waals surface area contributed by atoms with Crippen molar-refractivity contribution < 1.29 is 19.1 Å². The standard InChI is InChI=1S/C28H24BrNO4S/c1-3-33-28(32)26-25(20-12-8-5-9-13-20)18(2)35-27(26)30-24(31)17-34-23-15-14-21(16-22(23)29)19-10-6-4-7-11-19/h4-16H,3,17H2,1-2H3,(H,30,31). The van der Waals surface area contributed by atoms with Crippen LogP contribution in [0.25, 0.3) is 22.3 Å². The molecule has 0 saturated carbocycles. The number of thiophene rings is 1. The maximum absolute atomic E-state index is 12.8. The Labute approximate surface area is 216 Å². The molecule has 3 aromatic carbocycles. The second-order valence-electron chi connectivity index (χ2n) is 7.67. The number of aryl methyl sites for hydroxylation is 1. The minimum atomic E-state index is -0.467. The van der Waals surface area contributed by atoms with E-state index in [9.17, 15) is 9.59 Å². The van der Waals surface area contributed by atoms with Crippen LogP contribution < -0.4 is 10.1 Å². The van der Waals surface area contributed by atoms with Gasteiger partial charge in [-0.2, -0.15) is 0 Å². The number of hydrogen-bond donors (Lipinski definition) is 1. The average Bonchev–Trinajstić information content (AvgIpc) is 3.19. The van der Waals surface area contributed by atoms with Crippen LogP contribution in [-0.2, 0) is 9.53 Å². The highest BCUT2D eigenvalue weighted by Crippen LogP contribution is 2.40. The van der Waals surface area contributed by atoms with Gasteiger partial charge in [0.15, 0.2) is 6.61 Å². The molecule has 0 aliphatic carbocycles. The third kappa shape index (κ3) is 5.81. The fraction of sp³-hybridized carbons (Fsp3) is 0.143. The van der Waals surface area contributed by atoms with Crippen molar-refractivity contribution in [1.29, 1.82) is 0 Å². The summed E-state index contributed by atoms with van der Waals surface area (Å²) in [5, 5.41) is 3.30. The van der Waals surface area contributed by atoms with Crippen molar-refractivity contribution in [3.05, 3.63) is 93.8 Å². The van der Waals surface area contributed by atoms with E-state index in [0.29, 0.717) is 16.3 Å². The van der Waals surface area contributed by atoms with Gasteiger partial charge in [0.2, 0.25) is 0 Å². The molecule has 1 aromatic heterocycles. The fourth-order valence-electron chi connectivity index (χ4n) is 3.72. The summed E-state index contributed by atoms with van der Waals surface area (Å²) in [4.78, 5) is 26.5. The number of rotatable bonds is 8. The van der Waals surface area contributed by atoms with Gasteiger partial charge in [0.1, 0.15) is 16.3 Å². The van der Waals surface area contributed by atoms with Crippen molar-refractivity contribution in [3.8, 4) is 28.0 Å². The molecule has 1 N–H and O–H groups in total. The van der Waals surface area contributed by atoms with Gasteiger partial charge in [-0.05, 0) is 58.6 Å². The van der Waals surface area contributed by atoms with Crippen molar-refractivity contribution in [2.45, 2.75) is 13.8 Å². The number of amides is 1. The van der Waals surface area contributed by atoms with E-state index >= 15 is 0 Å². The molecule has 0 radical (unpaired) electrons. The number of carbonyl (C=O) groups excluding carboxylic acids is 2. The van der Waals surface area contributed by atoms with Gasteiger partial charge in [-0.15, -0.1) is 11.3 Å². The normalized spacial score (nSPS) is 10.6. The lowest BCUT2D eigenvalue weighted by atomic mass is 10.0. The van der Waals surface area contributed by atoms with Crippen molar-refractivity contribution in [2.75, 3.05) is 18.5 Å². The smallest absolute Gasteiger partial charge is 0.341 e. The molecule has 0 atom stereocenters. The van der Waals surface area contributed by atoms with Crippen molar-refractivity contribution in [3.63, 3.8) is 0 Å². The van der Waals surface area contributed by atoms with Crippen LogP contribution in [0.5, 0.6) is 5.75 Å². The quantitative estimate of drug-likeness (QED) is 0.233. The predicted octanol–water partition coefficient (Wildman–Crippen LogP) is 7.35. The Morgan fingerprint density at radius 3 is 2.20 bits per heavy atom. The minimum absolute atomic E-state index is 0.205. The van der Waals surface area contributed by atoms with Crippen molar-refractivity contribution >= 4 is 44.1 Å². The van der Waals surface area contributed by atoms with Gasteiger partial charge >= 0.3 is 5.97 Å². The Balaban J connectivity index is 1.51. The van der Waals surface area contributed by atoms with Gasteiger partial charge in [0.05, 0.1) is 11.1 Å². The van der Waals surface area contributed by atoms with Gasteiger partial charge in [-0.25, -0.2) is 4.79 Å². The zero-order valence-corrected chi connectivity index (χ0v) is 21.7. The minimum Gasteiger partial charge on any atom is -0.483 e. The molecule has 35 heavy (non-hydrogen) atoms.